The van der Waals surface area contributed by atoms with Gasteiger partial charge in [-0.05, 0) is 29.8 Å². The number of halogens is 3. The van der Waals surface area contributed by atoms with Crippen molar-refractivity contribution in [1.82, 2.24) is 4.98 Å². The van der Waals surface area contributed by atoms with Crippen LogP contribution in [0.2, 0.25) is 5.02 Å². The Bertz CT molecular complexity index is 510. The van der Waals surface area contributed by atoms with Crippen molar-refractivity contribution in [3.63, 3.8) is 0 Å². The second-order valence-corrected chi connectivity index (χ2v) is 4.98. The molecule has 1 heterocycles. The van der Waals surface area contributed by atoms with Crippen molar-refractivity contribution in [2.24, 2.45) is 0 Å². The lowest BCUT2D eigenvalue weighted by molar-refractivity contribution is 0.592. The molecule has 1 aromatic heterocycles. The second kappa shape index (κ2) is 5.68. The van der Waals surface area contributed by atoms with Crippen LogP contribution in [0.3, 0.4) is 0 Å². The SMILES string of the molecule is CC(c1ccncc1)C(Cl)c1c(F)cccc1Cl. The van der Waals surface area contributed by atoms with Crippen LogP contribution in [-0.4, -0.2) is 4.98 Å². The van der Waals surface area contributed by atoms with Crippen molar-refractivity contribution >= 4 is 23.2 Å². The summed E-state index contributed by atoms with van der Waals surface area (Å²) >= 11 is 12.4. The molecule has 0 saturated heterocycles. The molecular formula is C14H12Cl2FN. The zero-order valence-electron chi connectivity index (χ0n) is 9.78. The minimum absolute atomic E-state index is 0.0518. The molecule has 0 aliphatic carbocycles. The highest BCUT2D eigenvalue weighted by Gasteiger charge is 2.23. The minimum atomic E-state index is -0.513. The first-order valence-corrected chi connectivity index (χ1v) is 6.40. The Balaban J connectivity index is 2.34. The van der Waals surface area contributed by atoms with Gasteiger partial charge in [-0.1, -0.05) is 24.6 Å². The quantitative estimate of drug-likeness (QED) is 0.726. The summed E-state index contributed by atoms with van der Waals surface area (Å²) in [7, 11) is 0. The molecular weight excluding hydrogens is 272 g/mol. The van der Waals surface area contributed by atoms with E-state index in [4.69, 9.17) is 23.2 Å². The van der Waals surface area contributed by atoms with Gasteiger partial charge in [0.15, 0.2) is 0 Å². The lowest BCUT2D eigenvalue weighted by atomic mass is 9.93. The van der Waals surface area contributed by atoms with E-state index >= 15 is 0 Å². The summed E-state index contributed by atoms with van der Waals surface area (Å²) in [5, 5.41) is -0.156. The number of pyridine rings is 1. The molecule has 2 aromatic rings. The maximum atomic E-state index is 13.8. The second-order valence-electron chi connectivity index (χ2n) is 4.11. The van der Waals surface area contributed by atoms with E-state index in [-0.39, 0.29) is 11.7 Å². The third kappa shape index (κ3) is 2.65. The molecule has 94 valence electrons. The smallest absolute Gasteiger partial charge is 0.129 e. The molecule has 0 fully saturated rings. The van der Waals surface area contributed by atoms with Gasteiger partial charge in [0.05, 0.1) is 5.38 Å². The van der Waals surface area contributed by atoms with E-state index in [0.717, 1.165) is 5.56 Å². The van der Waals surface area contributed by atoms with Crippen molar-refractivity contribution in [2.75, 3.05) is 0 Å². The molecule has 0 amide bonds. The average Bonchev–Trinajstić information content (AvgIpc) is 2.38. The topological polar surface area (TPSA) is 12.9 Å². The van der Waals surface area contributed by atoms with E-state index in [1.54, 1.807) is 24.5 Å². The number of nitrogens with zero attached hydrogens (tertiary/aromatic N) is 1. The van der Waals surface area contributed by atoms with Gasteiger partial charge in [0, 0.05) is 28.9 Å². The van der Waals surface area contributed by atoms with Crippen LogP contribution in [0.15, 0.2) is 42.7 Å². The van der Waals surface area contributed by atoms with Gasteiger partial charge < -0.3 is 0 Å². The van der Waals surface area contributed by atoms with Gasteiger partial charge in [-0.2, -0.15) is 0 Å². The lowest BCUT2D eigenvalue weighted by Gasteiger charge is -2.20. The van der Waals surface area contributed by atoms with Crippen molar-refractivity contribution in [3.05, 3.63) is 64.7 Å². The third-order valence-electron chi connectivity index (χ3n) is 2.95. The molecule has 2 atom stereocenters. The number of alkyl halides is 1. The molecule has 4 heteroatoms. The first kappa shape index (κ1) is 13.3. The van der Waals surface area contributed by atoms with E-state index in [9.17, 15) is 4.39 Å². The number of hydrogen-bond acceptors (Lipinski definition) is 1. The normalized spacial score (nSPS) is 14.2. The molecule has 2 rings (SSSR count). The van der Waals surface area contributed by atoms with E-state index in [0.29, 0.717) is 10.6 Å². The van der Waals surface area contributed by atoms with Crippen LogP contribution in [0.1, 0.15) is 29.3 Å². The maximum absolute atomic E-state index is 13.8. The number of aromatic nitrogens is 1. The van der Waals surface area contributed by atoms with Crippen LogP contribution >= 0.6 is 23.2 Å². The zero-order chi connectivity index (χ0) is 13.1. The lowest BCUT2D eigenvalue weighted by Crippen LogP contribution is -2.05. The molecule has 0 spiro atoms. The van der Waals surface area contributed by atoms with E-state index in [2.05, 4.69) is 4.98 Å². The van der Waals surface area contributed by atoms with Gasteiger partial charge in [-0.3, -0.25) is 4.98 Å². The summed E-state index contributed by atoms with van der Waals surface area (Å²) in [4.78, 5) is 3.95. The van der Waals surface area contributed by atoms with Crippen molar-refractivity contribution in [3.8, 4) is 0 Å². The highest BCUT2D eigenvalue weighted by Crippen LogP contribution is 2.40. The predicted octanol–water partition coefficient (Wildman–Crippen LogP) is 4.96. The molecule has 1 nitrogen and oxygen atoms in total. The molecule has 0 saturated carbocycles. The molecule has 0 bridgehead atoms. The monoisotopic (exact) mass is 283 g/mol. The van der Waals surface area contributed by atoms with Gasteiger partial charge in [-0.25, -0.2) is 4.39 Å². The first-order valence-electron chi connectivity index (χ1n) is 5.59. The number of benzene rings is 1. The first-order chi connectivity index (χ1) is 8.61. The Morgan fingerprint density at radius 1 is 1.17 bits per heavy atom. The fraction of sp³-hybridized carbons (Fsp3) is 0.214. The van der Waals surface area contributed by atoms with Crippen LogP contribution in [0.4, 0.5) is 4.39 Å². The van der Waals surface area contributed by atoms with Gasteiger partial charge in [0.2, 0.25) is 0 Å². The highest BCUT2D eigenvalue weighted by molar-refractivity contribution is 6.32. The summed E-state index contributed by atoms with van der Waals surface area (Å²) in [6.07, 6.45) is 3.39. The Labute approximate surface area is 116 Å². The van der Waals surface area contributed by atoms with Crippen LogP contribution in [0.5, 0.6) is 0 Å². The molecule has 0 aliphatic heterocycles. The number of hydrogen-bond donors (Lipinski definition) is 0. The van der Waals surface area contributed by atoms with Crippen LogP contribution in [-0.2, 0) is 0 Å². The summed E-state index contributed by atoms with van der Waals surface area (Å²) in [6, 6.07) is 8.33. The predicted molar refractivity (Wildman–Crippen MR) is 72.7 cm³/mol. The molecule has 1 aromatic carbocycles. The van der Waals surface area contributed by atoms with Crippen molar-refractivity contribution in [1.29, 1.82) is 0 Å². The Hall–Kier alpha value is -1.12. The molecule has 0 aliphatic rings. The summed E-state index contributed by atoms with van der Waals surface area (Å²) < 4.78 is 13.8. The highest BCUT2D eigenvalue weighted by atomic mass is 35.5. The van der Waals surface area contributed by atoms with Gasteiger partial charge in [-0.15, -0.1) is 11.6 Å². The van der Waals surface area contributed by atoms with Crippen LogP contribution in [0.25, 0.3) is 0 Å². The van der Waals surface area contributed by atoms with Gasteiger partial charge in [0.1, 0.15) is 5.82 Å². The summed E-state index contributed by atoms with van der Waals surface area (Å²) in [5.74, 6) is -0.424. The standard InChI is InChI=1S/C14H12Cl2FN/c1-9(10-5-7-18-8-6-10)14(16)13-11(15)3-2-4-12(13)17/h2-9,14H,1H3. The fourth-order valence-electron chi connectivity index (χ4n) is 1.86. The zero-order valence-corrected chi connectivity index (χ0v) is 11.3. The van der Waals surface area contributed by atoms with Gasteiger partial charge in [0.25, 0.3) is 0 Å². The largest absolute Gasteiger partial charge is 0.265 e. The minimum Gasteiger partial charge on any atom is -0.265 e. The summed E-state index contributed by atoms with van der Waals surface area (Å²) in [6.45, 7) is 1.94. The van der Waals surface area contributed by atoms with Crippen LogP contribution < -0.4 is 0 Å². The van der Waals surface area contributed by atoms with Gasteiger partial charge >= 0.3 is 0 Å². The Morgan fingerprint density at radius 2 is 1.83 bits per heavy atom. The van der Waals surface area contributed by atoms with E-state index < -0.39 is 5.38 Å². The molecule has 0 radical (unpaired) electrons. The Kier molecular flexibility index (Phi) is 4.20. The van der Waals surface area contributed by atoms with E-state index in [1.165, 1.54) is 6.07 Å². The third-order valence-corrected chi connectivity index (χ3v) is 3.87. The number of rotatable bonds is 3. The molecule has 18 heavy (non-hydrogen) atoms. The Morgan fingerprint density at radius 3 is 2.44 bits per heavy atom. The summed E-state index contributed by atoms with van der Waals surface area (Å²) in [5.41, 5.74) is 1.36. The maximum Gasteiger partial charge on any atom is 0.129 e. The molecule has 0 N–H and O–H groups in total. The average molecular weight is 284 g/mol. The molecule has 2 unspecified atom stereocenters. The fourth-order valence-corrected chi connectivity index (χ4v) is 2.56. The van der Waals surface area contributed by atoms with Crippen molar-refractivity contribution < 1.29 is 4.39 Å². The van der Waals surface area contributed by atoms with Crippen LogP contribution in [0, 0.1) is 5.82 Å². The van der Waals surface area contributed by atoms with E-state index in [1.807, 2.05) is 19.1 Å². The van der Waals surface area contributed by atoms with Crippen molar-refractivity contribution in [2.45, 2.75) is 18.2 Å².